The van der Waals surface area contributed by atoms with Crippen molar-refractivity contribution < 1.29 is 9.90 Å². The molecule has 0 aliphatic rings. The number of hydrogen-bond acceptors (Lipinski definition) is 3. The summed E-state index contributed by atoms with van der Waals surface area (Å²) in [5, 5.41) is 12.3. The Morgan fingerprint density at radius 3 is 2.74 bits per heavy atom. The highest BCUT2D eigenvalue weighted by atomic mass is 16.3. The molecule has 1 aromatic rings. The van der Waals surface area contributed by atoms with Crippen LogP contribution in [-0.2, 0) is 0 Å². The second kappa shape index (κ2) is 7.79. The monoisotopic (exact) mass is 264 g/mol. The third-order valence-corrected chi connectivity index (χ3v) is 3.28. The smallest absolute Gasteiger partial charge is 0.251 e. The molecule has 0 saturated heterocycles. The van der Waals surface area contributed by atoms with E-state index in [2.05, 4.69) is 12.2 Å². The molecule has 4 N–H and O–H groups in total. The van der Waals surface area contributed by atoms with E-state index in [1.807, 2.05) is 6.92 Å². The molecule has 0 aliphatic carbocycles. The standard InChI is InChI=1S/C15H24N2O2/c1-3-4-12(7-8-16)10-17-15(19)14-6-5-13(18)9-11(14)2/h5-6,9,12,18H,3-4,7-8,10,16H2,1-2H3,(H,17,19). The highest BCUT2D eigenvalue weighted by Gasteiger charge is 2.12. The van der Waals surface area contributed by atoms with E-state index in [1.54, 1.807) is 12.1 Å². The summed E-state index contributed by atoms with van der Waals surface area (Å²) >= 11 is 0. The molecule has 1 unspecified atom stereocenters. The first-order chi connectivity index (χ1) is 9.08. The molecule has 0 aliphatic heterocycles. The molecule has 1 rings (SSSR count). The van der Waals surface area contributed by atoms with Gasteiger partial charge in [0.25, 0.3) is 5.91 Å². The lowest BCUT2D eigenvalue weighted by molar-refractivity contribution is 0.0945. The van der Waals surface area contributed by atoms with E-state index in [0.29, 0.717) is 24.6 Å². The van der Waals surface area contributed by atoms with Crippen LogP contribution in [0.25, 0.3) is 0 Å². The van der Waals surface area contributed by atoms with Crippen molar-refractivity contribution in [2.45, 2.75) is 33.1 Å². The molecule has 0 spiro atoms. The quantitative estimate of drug-likeness (QED) is 0.706. The minimum Gasteiger partial charge on any atom is -0.508 e. The minimum absolute atomic E-state index is 0.0874. The van der Waals surface area contributed by atoms with E-state index in [9.17, 15) is 9.90 Å². The maximum Gasteiger partial charge on any atom is 0.251 e. The maximum atomic E-state index is 12.1. The van der Waals surface area contributed by atoms with Crippen LogP contribution in [0.2, 0.25) is 0 Å². The van der Waals surface area contributed by atoms with Crippen molar-refractivity contribution >= 4 is 5.91 Å². The number of carbonyl (C=O) groups is 1. The number of aromatic hydroxyl groups is 1. The number of nitrogens with one attached hydrogen (secondary N) is 1. The second-order valence-electron chi connectivity index (χ2n) is 4.94. The Bertz CT molecular complexity index is 413. The number of phenols is 1. The van der Waals surface area contributed by atoms with Crippen LogP contribution in [0.5, 0.6) is 5.75 Å². The van der Waals surface area contributed by atoms with Crippen LogP contribution in [0.1, 0.15) is 42.1 Å². The van der Waals surface area contributed by atoms with Crippen LogP contribution in [0, 0.1) is 12.8 Å². The Morgan fingerprint density at radius 2 is 2.16 bits per heavy atom. The van der Waals surface area contributed by atoms with Gasteiger partial charge in [0.2, 0.25) is 0 Å². The second-order valence-corrected chi connectivity index (χ2v) is 4.94. The fourth-order valence-corrected chi connectivity index (χ4v) is 2.23. The van der Waals surface area contributed by atoms with E-state index < -0.39 is 0 Å². The van der Waals surface area contributed by atoms with Gasteiger partial charge >= 0.3 is 0 Å². The number of hydrogen-bond donors (Lipinski definition) is 3. The van der Waals surface area contributed by atoms with Crippen molar-refractivity contribution in [2.24, 2.45) is 11.7 Å². The summed E-state index contributed by atoms with van der Waals surface area (Å²) < 4.78 is 0. The molecule has 1 aromatic carbocycles. The summed E-state index contributed by atoms with van der Waals surface area (Å²) in [6.45, 7) is 5.26. The van der Waals surface area contributed by atoms with Gasteiger partial charge in [-0.3, -0.25) is 4.79 Å². The van der Waals surface area contributed by atoms with E-state index in [0.717, 1.165) is 24.8 Å². The lowest BCUT2D eigenvalue weighted by Gasteiger charge is -2.16. The molecule has 4 nitrogen and oxygen atoms in total. The average Bonchev–Trinajstić information content (AvgIpc) is 2.36. The summed E-state index contributed by atoms with van der Waals surface area (Å²) in [5.74, 6) is 0.535. The maximum absolute atomic E-state index is 12.1. The molecule has 0 saturated carbocycles. The Balaban J connectivity index is 2.58. The molecule has 1 atom stereocenters. The molecule has 4 heteroatoms. The van der Waals surface area contributed by atoms with Gasteiger partial charge in [0.05, 0.1) is 0 Å². The van der Waals surface area contributed by atoms with Gasteiger partial charge in [0, 0.05) is 12.1 Å². The molecule has 0 bridgehead atoms. The van der Waals surface area contributed by atoms with E-state index >= 15 is 0 Å². The van der Waals surface area contributed by atoms with Crippen LogP contribution >= 0.6 is 0 Å². The van der Waals surface area contributed by atoms with Crippen molar-refractivity contribution in [3.05, 3.63) is 29.3 Å². The van der Waals surface area contributed by atoms with Crippen LogP contribution in [0.4, 0.5) is 0 Å². The van der Waals surface area contributed by atoms with E-state index in [4.69, 9.17) is 5.73 Å². The van der Waals surface area contributed by atoms with E-state index in [1.165, 1.54) is 6.07 Å². The summed E-state index contributed by atoms with van der Waals surface area (Å²) in [7, 11) is 0. The van der Waals surface area contributed by atoms with Crippen molar-refractivity contribution in [3.8, 4) is 5.75 Å². The highest BCUT2D eigenvalue weighted by Crippen LogP contribution is 2.16. The first kappa shape index (κ1) is 15.5. The van der Waals surface area contributed by atoms with Gasteiger partial charge < -0.3 is 16.2 Å². The number of carbonyl (C=O) groups excluding carboxylic acids is 1. The van der Waals surface area contributed by atoms with Crippen molar-refractivity contribution in [1.29, 1.82) is 0 Å². The zero-order valence-electron chi connectivity index (χ0n) is 11.8. The van der Waals surface area contributed by atoms with Gasteiger partial charge in [-0.05, 0) is 56.0 Å². The zero-order chi connectivity index (χ0) is 14.3. The normalized spacial score (nSPS) is 12.2. The Kier molecular flexibility index (Phi) is 6.36. The summed E-state index contributed by atoms with van der Waals surface area (Å²) in [6, 6.07) is 4.78. The molecule has 0 heterocycles. The minimum atomic E-state index is -0.0874. The van der Waals surface area contributed by atoms with Crippen LogP contribution < -0.4 is 11.1 Å². The molecule has 1 amide bonds. The fourth-order valence-electron chi connectivity index (χ4n) is 2.23. The molecule has 0 fully saturated rings. The number of benzene rings is 1. The Labute approximate surface area is 115 Å². The fraction of sp³-hybridized carbons (Fsp3) is 0.533. The number of rotatable bonds is 7. The van der Waals surface area contributed by atoms with Gasteiger partial charge in [-0.1, -0.05) is 13.3 Å². The zero-order valence-corrected chi connectivity index (χ0v) is 11.8. The molecule has 0 radical (unpaired) electrons. The summed E-state index contributed by atoms with van der Waals surface area (Å²) in [5.41, 5.74) is 6.97. The lowest BCUT2D eigenvalue weighted by Crippen LogP contribution is -2.30. The summed E-state index contributed by atoms with van der Waals surface area (Å²) in [6.07, 6.45) is 3.10. The van der Waals surface area contributed by atoms with Crippen molar-refractivity contribution in [1.82, 2.24) is 5.32 Å². The number of amides is 1. The van der Waals surface area contributed by atoms with Crippen LogP contribution in [0.3, 0.4) is 0 Å². The number of aryl methyl sites for hydroxylation is 1. The van der Waals surface area contributed by atoms with Gasteiger partial charge in [0.1, 0.15) is 5.75 Å². The number of phenolic OH excluding ortho intramolecular Hbond substituents is 1. The number of nitrogens with two attached hydrogens (primary N) is 1. The average molecular weight is 264 g/mol. The molecule has 19 heavy (non-hydrogen) atoms. The molecule has 106 valence electrons. The topological polar surface area (TPSA) is 75.3 Å². The molecular formula is C15H24N2O2. The largest absolute Gasteiger partial charge is 0.508 e. The van der Waals surface area contributed by atoms with Crippen LogP contribution in [-0.4, -0.2) is 24.1 Å². The predicted molar refractivity (Wildman–Crippen MR) is 77.2 cm³/mol. The summed E-state index contributed by atoms with van der Waals surface area (Å²) in [4.78, 5) is 12.1. The van der Waals surface area contributed by atoms with Gasteiger partial charge in [0.15, 0.2) is 0 Å². The lowest BCUT2D eigenvalue weighted by atomic mass is 9.99. The van der Waals surface area contributed by atoms with Gasteiger partial charge in [-0.15, -0.1) is 0 Å². The SMILES string of the molecule is CCCC(CCN)CNC(=O)c1ccc(O)cc1C. The Hall–Kier alpha value is -1.55. The van der Waals surface area contributed by atoms with E-state index in [-0.39, 0.29) is 11.7 Å². The molecular weight excluding hydrogens is 240 g/mol. The van der Waals surface area contributed by atoms with Gasteiger partial charge in [-0.25, -0.2) is 0 Å². The molecule has 0 aromatic heterocycles. The van der Waals surface area contributed by atoms with Crippen molar-refractivity contribution in [3.63, 3.8) is 0 Å². The third-order valence-electron chi connectivity index (χ3n) is 3.28. The van der Waals surface area contributed by atoms with Crippen LogP contribution in [0.15, 0.2) is 18.2 Å². The Morgan fingerprint density at radius 1 is 1.42 bits per heavy atom. The third kappa shape index (κ3) is 4.91. The van der Waals surface area contributed by atoms with Crippen molar-refractivity contribution in [2.75, 3.05) is 13.1 Å². The predicted octanol–water partition coefficient (Wildman–Crippen LogP) is 2.20. The van der Waals surface area contributed by atoms with Gasteiger partial charge in [-0.2, -0.15) is 0 Å². The first-order valence-corrected chi connectivity index (χ1v) is 6.86. The first-order valence-electron chi connectivity index (χ1n) is 6.86. The highest BCUT2D eigenvalue weighted by molar-refractivity contribution is 5.95.